The normalized spacial score (nSPS) is 15.2. The number of hydrogen-bond acceptors (Lipinski definition) is 5. The lowest BCUT2D eigenvalue weighted by molar-refractivity contribution is -0.384. The van der Waals surface area contributed by atoms with Gasteiger partial charge in [0.05, 0.1) is 4.92 Å². The molecule has 0 atom stereocenters. The molecule has 0 aliphatic carbocycles. The van der Waals surface area contributed by atoms with Gasteiger partial charge >= 0.3 is 6.03 Å². The van der Waals surface area contributed by atoms with Crippen LogP contribution in [-0.2, 0) is 6.54 Å². The van der Waals surface area contributed by atoms with Crippen molar-refractivity contribution in [2.24, 2.45) is 0 Å². The predicted molar refractivity (Wildman–Crippen MR) is 93.3 cm³/mol. The average molecular weight is 346 g/mol. The van der Waals surface area contributed by atoms with E-state index in [-0.39, 0.29) is 11.7 Å². The third-order valence-corrected chi connectivity index (χ3v) is 4.81. The number of carbonyl (C=O) groups excluding carboxylic acids is 1. The Labute approximate surface area is 143 Å². The minimum absolute atomic E-state index is 0.00944. The van der Waals surface area contributed by atoms with Crippen molar-refractivity contribution >= 4 is 28.7 Å². The van der Waals surface area contributed by atoms with E-state index >= 15 is 0 Å². The fraction of sp³-hybridized carbons (Fsp3) is 0.312. The van der Waals surface area contributed by atoms with Crippen LogP contribution in [0.3, 0.4) is 0 Å². The zero-order valence-corrected chi connectivity index (χ0v) is 13.9. The first-order valence-corrected chi connectivity index (χ1v) is 8.55. The van der Waals surface area contributed by atoms with E-state index in [1.165, 1.54) is 17.0 Å². The Morgan fingerprint density at radius 1 is 1.17 bits per heavy atom. The molecule has 1 saturated heterocycles. The van der Waals surface area contributed by atoms with Crippen LogP contribution in [0.25, 0.3) is 0 Å². The molecule has 2 amide bonds. The number of nitrogens with zero attached hydrogens (tertiary/aromatic N) is 3. The Morgan fingerprint density at radius 2 is 1.88 bits per heavy atom. The van der Waals surface area contributed by atoms with Gasteiger partial charge in [0.15, 0.2) is 0 Å². The summed E-state index contributed by atoms with van der Waals surface area (Å²) in [6.07, 6.45) is 0. The Kier molecular flexibility index (Phi) is 5.07. The summed E-state index contributed by atoms with van der Waals surface area (Å²) in [5.41, 5.74) is 0.571. The second-order valence-electron chi connectivity index (χ2n) is 5.58. The monoisotopic (exact) mass is 346 g/mol. The zero-order valence-electron chi connectivity index (χ0n) is 13.1. The molecule has 126 valence electrons. The number of non-ortho nitro benzene ring substituents is 1. The van der Waals surface area contributed by atoms with Crippen LogP contribution in [0, 0.1) is 10.1 Å². The molecular formula is C16H18N4O3S. The lowest BCUT2D eigenvalue weighted by atomic mass is 10.3. The van der Waals surface area contributed by atoms with E-state index in [0.29, 0.717) is 18.8 Å². The smallest absolute Gasteiger partial charge is 0.321 e. The summed E-state index contributed by atoms with van der Waals surface area (Å²) in [5.74, 6) is 0. The van der Waals surface area contributed by atoms with Crippen molar-refractivity contribution in [1.82, 2.24) is 9.80 Å². The van der Waals surface area contributed by atoms with Gasteiger partial charge in [-0.2, -0.15) is 0 Å². The third-order valence-electron chi connectivity index (χ3n) is 3.95. The maximum Gasteiger partial charge on any atom is 0.321 e. The number of urea groups is 1. The number of nitro groups is 1. The predicted octanol–water partition coefficient (Wildman–Crippen LogP) is 3.01. The van der Waals surface area contributed by atoms with Gasteiger partial charge in [0.25, 0.3) is 5.69 Å². The Bertz CT molecular complexity index is 695. The lowest BCUT2D eigenvalue weighted by Gasteiger charge is -2.34. The second-order valence-corrected chi connectivity index (χ2v) is 6.61. The van der Waals surface area contributed by atoms with Crippen molar-refractivity contribution in [2.75, 3.05) is 31.5 Å². The number of nitrogens with one attached hydrogen (secondary N) is 1. The van der Waals surface area contributed by atoms with Crippen LogP contribution >= 0.6 is 11.3 Å². The van der Waals surface area contributed by atoms with E-state index in [2.05, 4.69) is 21.7 Å². The minimum Gasteiger partial charge on any atom is -0.322 e. The number of carbonyl (C=O) groups is 1. The summed E-state index contributed by atoms with van der Waals surface area (Å²) >= 11 is 1.75. The first kappa shape index (κ1) is 16.4. The lowest BCUT2D eigenvalue weighted by Crippen LogP contribution is -2.49. The first-order chi connectivity index (χ1) is 11.6. The summed E-state index contributed by atoms with van der Waals surface area (Å²) in [7, 11) is 0. The number of benzene rings is 1. The molecule has 1 N–H and O–H groups in total. The van der Waals surface area contributed by atoms with Gasteiger partial charge in [-0.15, -0.1) is 11.3 Å². The molecule has 1 aromatic carbocycles. The highest BCUT2D eigenvalue weighted by molar-refractivity contribution is 7.09. The summed E-state index contributed by atoms with van der Waals surface area (Å²) < 4.78 is 0. The molecule has 0 radical (unpaired) electrons. The van der Waals surface area contributed by atoms with Crippen LogP contribution in [-0.4, -0.2) is 46.9 Å². The molecule has 1 fully saturated rings. The molecule has 0 bridgehead atoms. The van der Waals surface area contributed by atoms with Crippen LogP contribution in [0.1, 0.15) is 4.88 Å². The van der Waals surface area contributed by atoms with Crippen LogP contribution in [0.5, 0.6) is 0 Å². The molecule has 1 aliphatic rings. The molecule has 0 unspecified atom stereocenters. The number of nitro benzene ring substituents is 1. The van der Waals surface area contributed by atoms with E-state index in [0.717, 1.165) is 19.6 Å². The molecule has 2 heterocycles. The maximum atomic E-state index is 12.3. The second kappa shape index (κ2) is 7.41. The van der Waals surface area contributed by atoms with E-state index in [4.69, 9.17) is 0 Å². The van der Waals surface area contributed by atoms with Gasteiger partial charge in [-0.1, -0.05) is 6.07 Å². The van der Waals surface area contributed by atoms with Crippen LogP contribution < -0.4 is 5.32 Å². The maximum absolute atomic E-state index is 12.3. The number of anilines is 1. The molecule has 1 aromatic heterocycles. The number of amides is 2. The van der Waals surface area contributed by atoms with Crippen molar-refractivity contribution in [3.05, 3.63) is 56.8 Å². The summed E-state index contributed by atoms with van der Waals surface area (Å²) in [4.78, 5) is 27.9. The fourth-order valence-corrected chi connectivity index (χ4v) is 3.35. The van der Waals surface area contributed by atoms with Gasteiger partial charge in [0.1, 0.15) is 0 Å². The van der Waals surface area contributed by atoms with Crippen LogP contribution in [0.4, 0.5) is 16.2 Å². The number of piperazine rings is 1. The standard InChI is InChI=1S/C16H18N4O3S/c21-16(17-13-3-5-14(6-4-13)20(22)23)19-9-7-18(8-10-19)12-15-2-1-11-24-15/h1-6,11H,7-10,12H2,(H,17,21). The van der Waals surface area contributed by atoms with Gasteiger partial charge in [-0.3, -0.25) is 15.0 Å². The average Bonchev–Trinajstić information content (AvgIpc) is 3.09. The fourth-order valence-electron chi connectivity index (χ4n) is 2.60. The van der Waals surface area contributed by atoms with Gasteiger partial charge in [0.2, 0.25) is 0 Å². The highest BCUT2D eigenvalue weighted by Crippen LogP contribution is 2.17. The van der Waals surface area contributed by atoms with Gasteiger partial charge in [0, 0.05) is 55.4 Å². The highest BCUT2D eigenvalue weighted by atomic mass is 32.1. The molecule has 3 rings (SSSR count). The Morgan fingerprint density at radius 3 is 2.46 bits per heavy atom. The van der Waals surface area contributed by atoms with E-state index in [1.807, 2.05) is 6.07 Å². The topological polar surface area (TPSA) is 78.7 Å². The van der Waals surface area contributed by atoms with Crippen molar-refractivity contribution in [3.63, 3.8) is 0 Å². The number of hydrogen-bond donors (Lipinski definition) is 1. The van der Waals surface area contributed by atoms with Crippen LogP contribution in [0.2, 0.25) is 0 Å². The van der Waals surface area contributed by atoms with E-state index < -0.39 is 4.92 Å². The number of rotatable bonds is 4. The van der Waals surface area contributed by atoms with Crippen molar-refractivity contribution in [2.45, 2.75) is 6.54 Å². The summed E-state index contributed by atoms with van der Waals surface area (Å²) in [6.45, 7) is 3.95. The van der Waals surface area contributed by atoms with Crippen molar-refractivity contribution in [3.8, 4) is 0 Å². The summed E-state index contributed by atoms with van der Waals surface area (Å²) in [5, 5.41) is 15.5. The van der Waals surface area contributed by atoms with Gasteiger partial charge in [-0.25, -0.2) is 4.79 Å². The van der Waals surface area contributed by atoms with Crippen LogP contribution in [0.15, 0.2) is 41.8 Å². The third kappa shape index (κ3) is 4.09. The first-order valence-electron chi connectivity index (χ1n) is 7.67. The molecule has 0 saturated carbocycles. The van der Waals surface area contributed by atoms with E-state index in [9.17, 15) is 14.9 Å². The summed E-state index contributed by atoms with van der Waals surface area (Å²) in [6, 6.07) is 9.86. The molecule has 2 aromatic rings. The largest absolute Gasteiger partial charge is 0.322 e. The van der Waals surface area contributed by atoms with Gasteiger partial charge in [-0.05, 0) is 23.6 Å². The van der Waals surface area contributed by atoms with Crippen molar-refractivity contribution < 1.29 is 9.72 Å². The minimum atomic E-state index is -0.460. The quantitative estimate of drug-likeness (QED) is 0.682. The SMILES string of the molecule is O=C(Nc1ccc([N+](=O)[O-])cc1)N1CCN(Cc2cccs2)CC1. The van der Waals surface area contributed by atoms with Crippen molar-refractivity contribution in [1.29, 1.82) is 0 Å². The van der Waals surface area contributed by atoms with E-state index in [1.54, 1.807) is 28.4 Å². The number of thiophene rings is 1. The molecule has 0 spiro atoms. The molecule has 1 aliphatic heterocycles. The molecule has 24 heavy (non-hydrogen) atoms. The molecule has 7 nitrogen and oxygen atoms in total. The zero-order chi connectivity index (χ0) is 16.9. The van der Waals surface area contributed by atoms with Gasteiger partial charge < -0.3 is 10.2 Å². The molecular weight excluding hydrogens is 328 g/mol. The molecule has 8 heteroatoms. The Balaban J connectivity index is 1.49. The highest BCUT2D eigenvalue weighted by Gasteiger charge is 2.21. The Hall–Kier alpha value is -2.45.